The monoisotopic (exact) mass is 305 g/mol. The van der Waals surface area contributed by atoms with Gasteiger partial charge in [0.25, 0.3) is 10.0 Å². The third-order valence-corrected chi connectivity index (χ3v) is 4.05. The maximum absolute atomic E-state index is 13.5. The molecule has 0 bridgehead atoms. The van der Waals surface area contributed by atoms with Gasteiger partial charge in [-0.25, -0.2) is 12.8 Å². The van der Waals surface area contributed by atoms with Crippen molar-refractivity contribution in [3.63, 3.8) is 0 Å². The predicted octanol–water partition coefficient (Wildman–Crippen LogP) is 1.10. The van der Waals surface area contributed by atoms with E-state index in [-0.39, 0.29) is 11.4 Å². The van der Waals surface area contributed by atoms with Gasteiger partial charge in [-0.2, -0.15) is 15.6 Å². The number of rotatable bonds is 3. The van der Waals surface area contributed by atoms with Gasteiger partial charge >= 0.3 is 0 Å². The number of hydrogen-bond donors (Lipinski definition) is 1. The normalized spacial score (nSPS) is 10.7. The molecule has 0 saturated carbocycles. The van der Waals surface area contributed by atoms with Gasteiger partial charge in [0.15, 0.2) is 5.82 Å². The fraction of sp³-hybridized carbons (Fsp3) is 0.0833. The lowest BCUT2D eigenvalue weighted by atomic mass is 10.2. The summed E-state index contributed by atoms with van der Waals surface area (Å²) in [5.74, 6) is -1.00. The van der Waals surface area contributed by atoms with E-state index in [0.29, 0.717) is 0 Å². The quantitative estimate of drug-likeness (QED) is 0.912. The van der Waals surface area contributed by atoms with Gasteiger partial charge in [0.1, 0.15) is 34.0 Å². The summed E-state index contributed by atoms with van der Waals surface area (Å²) in [5.41, 5.74) is -0.582. The number of hydrogen-bond acceptors (Lipinski definition) is 5. The van der Waals surface area contributed by atoms with Crippen molar-refractivity contribution in [3.05, 3.63) is 41.3 Å². The highest BCUT2D eigenvalue weighted by Crippen LogP contribution is 2.22. The van der Waals surface area contributed by atoms with Crippen LogP contribution in [0.15, 0.2) is 29.3 Å². The van der Waals surface area contributed by atoms with Crippen molar-refractivity contribution in [3.8, 4) is 12.1 Å². The Morgan fingerprint density at radius 1 is 1.33 bits per heavy atom. The van der Waals surface area contributed by atoms with Crippen LogP contribution in [0.2, 0.25) is 0 Å². The molecule has 0 aliphatic rings. The molecule has 106 valence electrons. The molecule has 9 heteroatoms. The summed E-state index contributed by atoms with van der Waals surface area (Å²) in [5, 5.41) is 21.5. The standard InChI is InChI=1S/C12H8FN5O2S/c1-18-12(8(5-14)7-16-18)17-21(19,20)11-4-2-3-10(13)9(11)6-15/h2-4,7,17H,1H3. The number of halogens is 1. The maximum Gasteiger partial charge on any atom is 0.264 e. The van der Waals surface area contributed by atoms with E-state index in [2.05, 4.69) is 9.82 Å². The van der Waals surface area contributed by atoms with E-state index in [4.69, 9.17) is 10.5 Å². The summed E-state index contributed by atoms with van der Waals surface area (Å²) in [6.45, 7) is 0. The van der Waals surface area contributed by atoms with Crippen molar-refractivity contribution in [1.29, 1.82) is 10.5 Å². The molecule has 0 atom stereocenters. The molecule has 21 heavy (non-hydrogen) atoms. The Morgan fingerprint density at radius 2 is 2.05 bits per heavy atom. The third-order valence-electron chi connectivity index (χ3n) is 2.67. The molecule has 0 radical (unpaired) electrons. The molecule has 1 aromatic heterocycles. The zero-order chi connectivity index (χ0) is 15.6. The first kappa shape index (κ1) is 14.5. The highest BCUT2D eigenvalue weighted by atomic mass is 32.2. The summed E-state index contributed by atoms with van der Waals surface area (Å²) >= 11 is 0. The molecule has 0 unspecified atom stereocenters. The molecule has 0 aliphatic carbocycles. The third kappa shape index (κ3) is 2.55. The highest BCUT2D eigenvalue weighted by molar-refractivity contribution is 7.92. The summed E-state index contributed by atoms with van der Waals surface area (Å²) in [4.78, 5) is -0.505. The number of aromatic nitrogens is 2. The Morgan fingerprint density at radius 3 is 2.67 bits per heavy atom. The number of nitrogens with zero attached hydrogens (tertiary/aromatic N) is 4. The SMILES string of the molecule is Cn1ncc(C#N)c1NS(=O)(=O)c1cccc(F)c1C#N. The maximum atomic E-state index is 13.5. The minimum atomic E-state index is -4.23. The van der Waals surface area contributed by atoms with E-state index in [1.54, 1.807) is 6.07 Å². The second-order valence-electron chi connectivity index (χ2n) is 3.97. The summed E-state index contributed by atoms with van der Waals surface area (Å²) in [6, 6.07) is 6.56. The zero-order valence-electron chi connectivity index (χ0n) is 10.7. The molecule has 0 amide bonds. The van der Waals surface area contributed by atoms with Crippen LogP contribution in [0.1, 0.15) is 11.1 Å². The fourth-order valence-electron chi connectivity index (χ4n) is 1.66. The van der Waals surface area contributed by atoms with Crippen molar-refractivity contribution in [2.45, 2.75) is 4.90 Å². The largest absolute Gasteiger partial charge is 0.264 e. The minimum Gasteiger partial charge on any atom is -0.262 e. The van der Waals surface area contributed by atoms with E-state index in [1.807, 2.05) is 0 Å². The first-order chi connectivity index (χ1) is 9.90. The van der Waals surface area contributed by atoms with Gasteiger partial charge in [-0.15, -0.1) is 0 Å². The Labute approximate surface area is 119 Å². The average molecular weight is 305 g/mol. The Bertz CT molecular complexity index is 889. The van der Waals surface area contributed by atoms with Crippen LogP contribution in [-0.2, 0) is 17.1 Å². The van der Waals surface area contributed by atoms with E-state index in [1.165, 1.54) is 25.4 Å². The van der Waals surface area contributed by atoms with E-state index in [9.17, 15) is 12.8 Å². The van der Waals surface area contributed by atoms with Gasteiger partial charge in [-0.05, 0) is 12.1 Å². The lowest BCUT2D eigenvalue weighted by molar-refractivity contribution is 0.593. The molecule has 0 spiro atoms. The molecule has 7 nitrogen and oxygen atoms in total. The first-order valence-electron chi connectivity index (χ1n) is 5.54. The van der Waals surface area contributed by atoms with Crippen LogP contribution in [0.3, 0.4) is 0 Å². The van der Waals surface area contributed by atoms with Crippen LogP contribution in [-0.4, -0.2) is 18.2 Å². The van der Waals surface area contributed by atoms with Gasteiger partial charge < -0.3 is 0 Å². The van der Waals surface area contributed by atoms with Gasteiger partial charge in [0.05, 0.1) is 6.20 Å². The summed E-state index contributed by atoms with van der Waals surface area (Å²) in [7, 11) is -2.79. The van der Waals surface area contributed by atoms with Crippen LogP contribution in [0.4, 0.5) is 10.2 Å². The van der Waals surface area contributed by atoms with E-state index >= 15 is 0 Å². The Hall–Kier alpha value is -2.91. The van der Waals surface area contributed by atoms with Crippen LogP contribution in [0.5, 0.6) is 0 Å². The molecule has 1 N–H and O–H groups in total. The molecule has 2 aromatic rings. The van der Waals surface area contributed by atoms with Crippen molar-refractivity contribution >= 4 is 15.8 Å². The van der Waals surface area contributed by atoms with Gasteiger partial charge in [-0.1, -0.05) is 6.07 Å². The van der Waals surface area contributed by atoms with E-state index in [0.717, 1.165) is 16.8 Å². The second kappa shape index (κ2) is 5.23. The number of nitriles is 2. The Balaban J connectivity index is 2.55. The fourth-order valence-corrected chi connectivity index (χ4v) is 2.94. The van der Waals surface area contributed by atoms with Crippen molar-refractivity contribution in [2.24, 2.45) is 7.05 Å². The molecule has 2 rings (SSSR count). The Kier molecular flexibility index (Phi) is 3.61. The molecule has 1 heterocycles. The lowest BCUT2D eigenvalue weighted by Gasteiger charge is -2.10. The van der Waals surface area contributed by atoms with Crippen LogP contribution in [0.25, 0.3) is 0 Å². The molecular weight excluding hydrogens is 297 g/mol. The molecular formula is C12H8FN5O2S. The lowest BCUT2D eigenvalue weighted by Crippen LogP contribution is -2.17. The first-order valence-corrected chi connectivity index (χ1v) is 7.02. The summed E-state index contributed by atoms with van der Waals surface area (Å²) in [6.07, 6.45) is 1.19. The van der Waals surface area contributed by atoms with Crippen LogP contribution in [0, 0.1) is 28.5 Å². The van der Waals surface area contributed by atoms with Gasteiger partial charge in [0.2, 0.25) is 0 Å². The molecule has 0 saturated heterocycles. The molecule has 1 aromatic carbocycles. The molecule has 0 aliphatic heterocycles. The minimum absolute atomic E-state index is 0.0102. The average Bonchev–Trinajstić information content (AvgIpc) is 2.78. The smallest absolute Gasteiger partial charge is 0.262 e. The number of anilines is 1. The number of nitrogens with one attached hydrogen (secondary N) is 1. The topological polar surface area (TPSA) is 112 Å². The number of aryl methyl sites for hydroxylation is 1. The molecule has 0 fully saturated rings. The van der Waals surface area contributed by atoms with Gasteiger partial charge in [0, 0.05) is 7.05 Å². The van der Waals surface area contributed by atoms with Gasteiger partial charge in [-0.3, -0.25) is 9.40 Å². The highest BCUT2D eigenvalue weighted by Gasteiger charge is 2.23. The van der Waals surface area contributed by atoms with Crippen LogP contribution < -0.4 is 4.72 Å². The number of benzene rings is 1. The predicted molar refractivity (Wildman–Crippen MR) is 69.8 cm³/mol. The van der Waals surface area contributed by atoms with Crippen molar-refractivity contribution in [2.75, 3.05) is 4.72 Å². The number of sulfonamides is 1. The van der Waals surface area contributed by atoms with E-state index < -0.39 is 26.3 Å². The van der Waals surface area contributed by atoms with Crippen molar-refractivity contribution < 1.29 is 12.8 Å². The summed E-state index contributed by atoms with van der Waals surface area (Å²) < 4.78 is 41.3. The van der Waals surface area contributed by atoms with Crippen molar-refractivity contribution in [1.82, 2.24) is 9.78 Å². The van der Waals surface area contributed by atoms with Crippen LogP contribution >= 0.6 is 0 Å². The second-order valence-corrected chi connectivity index (χ2v) is 5.62. The zero-order valence-corrected chi connectivity index (χ0v) is 11.5.